The summed E-state index contributed by atoms with van der Waals surface area (Å²) in [5.74, 6) is 1.54. The molecule has 0 fully saturated rings. The normalized spacial score (nSPS) is 13.2. The third-order valence-electron chi connectivity index (χ3n) is 4.79. The number of fused-ring (bicyclic) bond motifs is 2. The Hall–Kier alpha value is -2.94. The average molecular weight is 370 g/mol. The molecule has 27 heavy (non-hydrogen) atoms. The van der Waals surface area contributed by atoms with Crippen molar-refractivity contribution in [3.63, 3.8) is 0 Å². The quantitative estimate of drug-likeness (QED) is 0.599. The van der Waals surface area contributed by atoms with E-state index < -0.39 is 0 Å². The van der Waals surface area contributed by atoms with Crippen molar-refractivity contribution in [2.75, 3.05) is 13.2 Å². The van der Waals surface area contributed by atoms with Gasteiger partial charge in [-0.1, -0.05) is 0 Å². The van der Waals surface area contributed by atoms with Crippen LogP contribution in [0.1, 0.15) is 35.4 Å². The number of aryl methyl sites for hydroxylation is 1. The summed E-state index contributed by atoms with van der Waals surface area (Å²) in [5.41, 5.74) is 1.67. The molecule has 2 aromatic heterocycles. The summed E-state index contributed by atoms with van der Waals surface area (Å²) >= 11 is 0. The molecule has 0 bridgehead atoms. The lowest BCUT2D eigenvalue weighted by Crippen LogP contribution is -2.24. The largest absolute Gasteiger partial charge is 0.380 e. The fraction of sp³-hybridized carbons (Fsp3) is 0.444. The van der Waals surface area contributed by atoms with Gasteiger partial charge in [0.2, 0.25) is 0 Å². The van der Waals surface area contributed by atoms with E-state index in [9.17, 15) is 9.59 Å². The summed E-state index contributed by atoms with van der Waals surface area (Å²) in [6.45, 7) is 4.68. The minimum atomic E-state index is -0.213. The smallest absolute Gasteiger partial charge is 0.326 e. The van der Waals surface area contributed by atoms with Gasteiger partial charge in [0, 0.05) is 25.1 Å². The molecule has 3 aromatic rings. The van der Waals surface area contributed by atoms with Crippen molar-refractivity contribution in [3.05, 3.63) is 45.9 Å². The van der Waals surface area contributed by atoms with Crippen LogP contribution in [0.4, 0.5) is 0 Å². The number of hydrogen-bond donors (Lipinski definition) is 2. The molecule has 0 atom stereocenters. The molecule has 9 heteroatoms. The Bertz CT molecular complexity index is 1030. The number of ether oxygens (including phenoxy) is 1. The van der Waals surface area contributed by atoms with Crippen molar-refractivity contribution < 1.29 is 9.53 Å². The number of rotatable bonds is 7. The zero-order valence-electron chi connectivity index (χ0n) is 15.2. The summed E-state index contributed by atoms with van der Waals surface area (Å²) in [7, 11) is 0. The number of H-pyrrole nitrogens is 1. The third-order valence-corrected chi connectivity index (χ3v) is 4.79. The van der Waals surface area contributed by atoms with E-state index in [2.05, 4.69) is 25.1 Å². The predicted octanol–water partition coefficient (Wildman–Crippen LogP) is 0.834. The molecule has 0 spiro atoms. The molecule has 0 unspecified atom stereocenters. The van der Waals surface area contributed by atoms with Gasteiger partial charge in [-0.05, 0) is 31.5 Å². The highest BCUT2D eigenvalue weighted by Crippen LogP contribution is 2.15. The van der Waals surface area contributed by atoms with Gasteiger partial charge in [0.15, 0.2) is 5.82 Å². The van der Waals surface area contributed by atoms with E-state index in [0.717, 1.165) is 36.6 Å². The Kier molecular flexibility index (Phi) is 4.76. The van der Waals surface area contributed by atoms with Crippen LogP contribution >= 0.6 is 0 Å². The van der Waals surface area contributed by atoms with Crippen molar-refractivity contribution in [1.82, 2.24) is 29.6 Å². The highest BCUT2D eigenvalue weighted by atomic mass is 16.5. The highest BCUT2D eigenvalue weighted by molar-refractivity contribution is 5.97. The fourth-order valence-electron chi connectivity index (χ4n) is 3.43. The topological polar surface area (TPSA) is 107 Å². The Labute approximate surface area is 155 Å². The Morgan fingerprint density at radius 3 is 3.11 bits per heavy atom. The minimum absolute atomic E-state index is 0.207. The van der Waals surface area contributed by atoms with E-state index in [4.69, 9.17) is 4.74 Å². The van der Waals surface area contributed by atoms with Crippen LogP contribution in [0.3, 0.4) is 0 Å². The monoisotopic (exact) mass is 370 g/mol. The number of benzene rings is 1. The Morgan fingerprint density at radius 1 is 1.37 bits per heavy atom. The second-order valence-electron chi connectivity index (χ2n) is 6.48. The summed E-state index contributed by atoms with van der Waals surface area (Å²) in [6, 6.07) is 5.19. The molecular formula is C18H22N6O3. The van der Waals surface area contributed by atoms with E-state index >= 15 is 0 Å². The van der Waals surface area contributed by atoms with Gasteiger partial charge in [0.05, 0.1) is 30.7 Å². The van der Waals surface area contributed by atoms with E-state index in [1.807, 2.05) is 6.92 Å². The first-order valence-corrected chi connectivity index (χ1v) is 9.17. The van der Waals surface area contributed by atoms with Crippen LogP contribution < -0.4 is 11.0 Å². The van der Waals surface area contributed by atoms with Gasteiger partial charge in [0.25, 0.3) is 5.91 Å². The second kappa shape index (κ2) is 7.36. The Balaban J connectivity index is 1.48. The van der Waals surface area contributed by atoms with Crippen LogP contribution in [0.15, 0.2) is 23.0 Å². The summed E-state index contributed by atoms with van der Waals surface area (Å²) in [4.78, 5) is 27.4. The summed E-state index contributed by atoms with van der Waals surface area (Å²) in [5, 5.41) is 11.2. The standard InChI is InChI=1S/C18H22N6O3/c1-2-27-9-8-23-14-6-5-12(10-13(14)20-18(23)26)17(25)19-11-16-22-21-15-4-3-7-24(15)16/h5-6,10H,2-4,7-9,11H2,1H3,(H,19,25)(H,20,26). The highest BCUT2D eigenvalue weighted by Gasteiger charge is 2.18. The molecular weight excluding hydrogens is 348 g/mol. The van der Waals surface area contributed by atoms with Crippen LogP contribution in [0.2, 0.25) is 0 Å². The molecule has 4 rings (SSSR count). The first-order valence-electron chi connectivity index (χ1n) is 9.17. The number of amides is 1. The van der Waals surface area contributed by atoms with Gasteiger partial charge in [-0.15, -0.1) is 10.2 Å². The molecule has 0 saturated heterocycles. The maximum Gasteiger partial charge on any atom is 0.326 e. The van der Waals surface area contributed by atoms with Crippen molar-refractivity contribution >= 4 is 16.9 Å². The first kappa shape index (κ1) is 17.5. The number of aromatic amines is 1. The molecule has 142 valence electrons. The maximum atomic E-state index is 12.5. The van der Waals surface area contributed by atoms with Gasteiger partial charge < -0.3 is 19.6 Å². The van der Waals surface area contributed by atoms with Crippen LogP contribution in [0.5, 0.6) is 0 Å². The molecule has 1 amide bonds. The molecule has 2 N–H and O–H groups in total. The lowest BCUT2D eigenvalue weighted by molar-refractivity contribution is 0.0949. The molecule has 0 aliphatic carbocycles. The minimum Gasteiger partial charge on any atom is -0.380 e. The Morgan fingerprint density at radius 2 is 2.26 bits per heavy atom. The number of nitrogens with one attached hydrogen (secondary N) is 2. The number of imidazole rings is 1. The van der Waals surface area contributed by atoms with E-state index in [-0.39, 0.29) is 11.6 Å². The van der Waals surface area contributed by atoms with Crippen LogP contribution in [0, 0.1) is 0 Å². The van der Waals surface area contributed by atoms with Crippen molar-refractivity contribution in [2.45, 2.75) is 39.4 Å². The van der Waals surface area contributed by atoms with E-state index in [0.29, 0.717) is 37.4 Å². The molecule has 1 aromatic carbocycles. The number of carbonyl (C=O) groups excluding carboxylic acids is 1. The predicted molar refractivity (Wildman–Crippen MR) is 98.6 cm³/mol. The summed E-state index contributed by atoms with van der Waals surface area (Å²) in [6.07, 6.45) is 2.00. The zero-order valence-corrected chi connectivity index (χ0v) is 15.2. The average Bonchev–Trinajstić information content (AvgIpc) is 3.35. The van der Waals surface area contributed by atoms with Gasteiger partial charge in [0.1, 0.15) is 5.82 Å². The van der Waals surface area contributed by atoms with Crippen LogP contribution in [-0.2, 0) is 30.8 Å². The molecule has 0 radical (unpaired) electrons. The van der Waals surface area contributed by atoms with E-state index in [1.54, 1.807) is 22.8 Å². The first-order chi connectivity index (χ1) is 13.2. The molecule has 3 heterocycles. The summed E-state index contributed by atoms with van der Waals surface area (Å²) < 4.78 is 8.99. The SMILES string of the molecule is CCOCCn1c(=O)[nH]c2cc(C(=O)NCc3nnc4n3CCC4)ccc21. The second-order valence-corrected chi connectivity index (χ2v) is 6.48. The third kappa shape index (κ3) is 3.37. The van der Waals surface area contributed by atoms with Crippen LogP contribution in [0.25, 0.3) is 11.0 Å². The maximum absolute atomic E-state index is 12.5. The lowest BCUT2D eigenvalue weighted by Gasteiger charge is -2.07. The molecule has 9 nitrogen and oxygen atoms in total. The fourth-order valence-corrected chi connectivity index (χ4v) is 3.43. The molecule has 1 aliphatic rings. The number of carbonyl (C=O) groups is 1. The van der Waals surface area contributed by atoms with Gasteiger partial charge >= 0.3 is 5.69 Å². The van der Waals surface area contributed by atoms with Gasteiger partial charge in [-0.2, -0.15) is 0 Å². The molecule has 1 aliphatic heterocycles. The van der Waals surface area contributed by atoms with Gasteiger partial charge in [-0.3, -0.25) is 9.36 Å². The lowest BCUT2D eigenvalue weighted by atomic mass is 10.2. The number of nitrogens with zero attached hydrogens (tertiary/aromatic N) is 4. The number of hydrogen-bond acceptors (Lipinski definition) is 5. The zero-order chi connectivity index (χ0) is 18.8. The number of aromatic nitrogens is 5. The van der Waals surface area contributed by atoms with E-state index in [1.165, 1.54) is 0 Å². The van der Waals surface area contributed by atoms with Crippen molar-refractivity contribution in [2.24, 2.45) is 0 Å². The molecule has 0 saturated carbocycles. The van der Waals surface area contributed by atoms with Crippen molar-refractivity contribution in [1.29, 1.82) is 0 Å². The van der Waals surface area contributed by atoms with Crippen LogP contribution in [-0.4, -0.2) is 43.4 Å². The van der Waals surface area contributed by atoms with Crippen molar-refractivity contribution in [3.8, 4) is 0 Å². The van der Waals surface area contributed by atoms with Gasteiger partial charge in [-0.25, -0.2) is 4.79 Å².